The van der Waals surface area contributed by atoms with Gasteiger partial charge in [-0.05, 0) is 12.0 Å². The van der Waals surface area contributed by atoms with Crippen molar-refractivity contribution in [2.24, 2.45) is 5.73 Å². The molecule has 0 saturated carbocycles. The highest BCUT2D eigenvalue weighted by Crippen LogP contribution is 2.06. The van der Waals surface area contributed by atoms with Gasteiger partial charge in [0, 0.05) is 39.8 Å². The highest BCUT2D eigenvalue weighted by Gasteiger charge is 2.24. The van der Waals surface area contributed by atoms with Gasteiger partial charge in [0.05, 0.1) is 6.61 Å². The number of amides is 1. The first-order valence-corrected chi connectivity index (χ1v) is 7.50. The fourth-order valence-corrected chi connectivity index (χ4v) is 2.61. The molecule has 5 nitrogen and oxygen atoms in total. The first-order valence-electron chi connectivity index (χ1n) is 7.50. The number of rotatable bonds is 6. The van der Waals surface area contributed by atoms with Crippen molar-refractivity contribution in [1.29, 1.82) is 0 Å². The third-order valence-corrected chi connectivity index (χ3v) is 3.91. The Morgan fingerprint density at radius 1 is 1.24 bits per heavy atom. The number of carbonyl (C=O) groups excluding carboxylic acids is 1. The zero-order valence-corrected chi connectivity index (χ0v) is 12.7. The van der Waals surface area contributed by atoms with Crippen LogP contribution in [0.5, 0.6) is 0 Å². The minimum absolute atomic E-state index is 0.000408. The van der Waals surface area contributed by atoms with Crippen LogP contribution < -0.4 is 5.73 Å². The quantitative estimate of drug-likeness (QED) is 0.821. The Labute approximate surface area is 126 Å². The highest BCUT2D eigenvalue weighted by molar-refractivity contribution is 5.81. The summed E-state index contributed by atoms with van der Waals surface area (Å²) in [4.78, 5) is 16.3. The number of hydrogen-bond donors (Lipinski definition) is 1. The van der Waals surface area contributed by atoms with Crippen LogP contribution in [0.15, 0.2) is 30.3 Å². The van der Waals surface area contributed by atoms with Gasteiger partial charge in [0.15, 0.2) is 0 Å². The van der Waals surface area contributed by atoms with Crippen molar-refractivity contribution in [3.63, 3.8) is 0 Å². The molecule has 1 aliphatic rings. The van der Waals surface area contributed by atoms with Gasteiger partial charge in [-0.3, -0.25) is 9.69 Å². The van der Waals surface area contributed by atoms with E-state index in [-0.39, 0.29) is 12.5 Å². The van der Waals surface area contributed by atoms with Gasteiger partial charge in [-0.1, -0.05) is 30.3 Å². The second-order valence-electron chi connectivity index (χ2n) is 5.46. The minimum atomic E-state index is -0.536. The molecule has 1 aromatic rings. The van der Waals surface area contributed by atoms with Gasteiger partial charge in [-0.15, -0.1) is 0 Å². The Balaban J connectivity index is 1.72. The Morgan fingerprint density at radius 3 is 2.52 bits per heavy atom. The molecule has 1 aliphatic heterocycles. The topological polar surface area (TPSA) is 58.8 Å². The molecule has 1 fully saturated rings. The van der Waals surface area contributed by atoms with E-state index >= 15 is 0 Å². The maximum Gasteiger partial charge on any atom is 0.241 e. The minimum Gasteiger partial charge on any atom is -0.383 e. The Bertz CT molecular complexity index is 430. The zero-order chi connectivity index (χ0) is 15.1. The van der Waals surface area contributed by atoms with Crippen molar-refractivity contribution in [2.75, 3.05) is 46.4 Å². The number of piperazine rings is 1. The first kappa shape index (κ1) is 15.9. The van der Waals surface area contributed by atoms with E-state index in [9.17, 15) is 4.79 Å². The summed E-state index contributed by atoms with van der Waals surface area (Å²) in [7, 11) is 1.56. The normalized spacial score (nSPS) is 17.7. The van der Waals surface area contributed by atoms with E-state index in [2.05, 4.69) is 29.2 Å². The summed E-state index contributed by atoms with van der Waals surface area (Å²) in [5.74, 6) is -0.000408. The van der Waals surface area contributed by atoms with Gasteiger partial charge in [-0.25, -0.2) is 0 Å². The number of methoxy groups -OCH3 is 1. The predicted molar refractivity (Wildman–Crippen MR) is 83.0 cm³/mol. The lowest BCUT2D eigenvalue weighted by Gasteiger charge is -2.35. The molecule has 116 valence electrons. The maximum atomic E-state index is 12.1. The average molecular weight is 291 g/mol. The van der Waals surface area contributed by atoms with E-state index in [1.165, 1.54) is 5.56 Å². The summed E-state index contributed by atoms with van der Waals surface area (Å²) < 4.78 is 4.94. The molecule has 0 radical (unpaired) electrons. The maximum absolute atomic E-state index is 12.1. The molecule has 1 atom stereocenters. The molecule has 1 heterocycles. The van der Waals surface area contributed by atoms with Gasteiger partial charge < -0.3 is 15.4 Å². The average Bonchev–Trinajstić information content (AvgIpc) is 2.54. The van der Waals surface area contributed by atoms with Crippen molar-refractivity contribution < 1.29 is 9.53 Å². The molecule has 0 aliphatic carbocycles. The third kappa shape index (κ3) is 4.81. The summed E-state index contributed by atoms with van der Waals surface area (Å²) >= 11 is 0. The second kappa shape index (κ2) is 8.12. The SMILES string of the molecule is COCC(N)C(=O)N1CCN(CCc2ccccc2)CC1. The molecule has 1 unspecified atom stereocenters. The van der Waals surface area contributed by atoms with Crippen LogP contribution in [0.3, 0.4) is 0 Å². The molecule has 0 spiro atoms. The van der Waals surface area contributed by atoms with Crippen molar-refractivity contribution in [3.05, 3.63) is 35.9 Å². The van der Waals surface area contributed by atoms with Crippen LogP contribution in [-0.2, 0) is 16.0 Å². The number of nitrogens with zero attached hydrogens (tertiary/aromatic N) is 2. The zero-order valence-electron chi connectivity index (χ0n) is 12.7. The summed E-state index contributed by atoms with van der Waals surface area (Å²) in [5.41, 5.74) is 7.16. The first-order chi connectivity index (χ1) is 10.2. The van der Waals surface area contributed by atoms with Crippen molar-refractivity contribution >= 4 is 5.91 Å². The van der Waals surface area contributed by atoms with Crippen molar-refractivity contribution in [1.82, 2.24) is 9.80 Å². The lowest BCUT2D eigenvalue weighted by molar-refractivity contribution is -0.135. The Hall–Kier alpha value is -1.43. The highest BCUT2D eigenvalue weighted by atomic mass is 16.5. The van der Waals surface area contributed by atoms with E-state index in [0.29, 0.717) is 0 Å². The molecule has 2 N–H and O–H groups in total. The van der Waals surface area contributed by atoms with Crippen LogP contribution in [0, 0.1) is 0 Å². The molecule has 1 amide bonds. The van der Waals surface area contributed by atoms with E-state index in [4.69, 9.17) is 10.5 Å². The molecule has 21 heavy (non-hydrogen) atoms. The van der Waals surface area contributed by atoms with E-state index in [1.54, 1.807) is 7.11 Å². The van der Waals surface area contributed by atoms with Crippen LogP contribution in [0.4, 0.5) is 0 Å². The molecule has 0 aromatic heterocycles. The molecule has 0 bridgehead atoms. The fourth-order valence-electron chi connectivity index (χ4n) is 2.61. The van der Waals surface area contributed by atoms with Crippen LogP contribution >= 0.6 is 0 Å². The molecular formula is C16H25N3O2. The number of carbonyl (C=O) groups is 1. The van der Waals surface area contributed by atoms with Gasteiger partial charge in [0.25, 0.3) is 0 Å². The lowest BCUT2D eigenvalue weighted by atomic mass is 10.1. The van der Waals surface area contributed by atoms with Gasteiger partial charge in [-0.2, -0.15) is 0 Å². The number of ether oxygens (including phenoxy) is 1. The van der Waals surface area contributed by atoms with Gasteiger partial charge in [0.2, 0.25) is 5.91 Å². The number of hydrogen-bond acceptors (Lipinski definition) is 4. The standard InChI is InChI=1S/C16H25N3O2/c1-21-13-15(17)16(20)19-11-9-18(10-12-19)8-7-14-5-3-2-4-6-14/h2-6,15H,7-13,17H2,1H3. The largest absolute Gasteiger partial charge is 0.383 e. The number of benzene rings is 1. The smallest absolute Gasteiger partial charge is 0.241 e. The van der Waals surface area contributed by atoms with Crippen molar-refractivity contribution in [3.8, 4) is 0 Å². The van der Waals surface area contributed by atoms with Crippen LogP contribution in [-0.4, -0.2) is 68.2 Å². The third-order valence-electron chi connectivity index (χ3n) is 3.91. The van der Waals surface area contributed by atoms with Crippen LogP contribution in [0.1, 0.15) is 5.56 Å². The molecular weight excluding hydrogens is 266 g/mol. The second-order valence-corrected chi connectivity index (χ2v) is 5.46. The summed E-state index contributed by atoms with van der Waals surface area (Å²) in [6.45, 7) is 4.66. The summed E-state index contributed by atoms with van der Waals surface area (Å²) in [6.07, 6.45) is 1.05. The summed E-state index contributed by atoms with van der Waals surface area (Å²) in [5, 5.41) is 0. The van der Waals surface area contributed by atoms with Gasteiger partial charge >= 0.3 is 0 Å². The van der Waals surface area contributed by atoms with E-state index in [1.807, 2.05) is 11.0 Å². The van der Waals surface area contributed by atoms with Crippen molar-refractivity contribution in [2.45, 2.75) is 12.5 Å². The number of nitrogens with two attached hydrogens (primary N) is 1. The van der Waals surface area contributed by atoms with Crippen LogP contribution in [0.25, 0.3) is 0 Å². The Morgan fingerprint density at radius 2 is 1.90 bits per heavy atom. The molecule has 1 saturated heterocycles. The van der Waals surface area contributed by atoms with E-state index in [0.717, 1.165) is 39.1 Å². The monoisotopic (exact) mass is 291 g/mol. The summed E-state index contributed by atoms with van der Waals surface area (Å²) in [6, 6.07) is 9.96. The molecule has 1 aromatic carbocycles. The predicted octanol–water partition coefficient (Wildman–Crippen LogP) is 0.347. The van der Waals surface area contributed by atoms with Gasteiger partial charge in [0.1, 0.15) is 6.04 Å². The molecule has 2 rings (SSSR count). The Kier molecular flexibility index (Phi) is 6.17. The fraction of sp³-hybridized carbons (Fsp3) is 0.562. The molecule has 5 heteroatoms. The lowest BCUT2D eigenvalue weighted by Crippen LogP contribution is -2.54. The van der Waals surface area contributed by atoms with Crippen LogP contribution in [0.2, 0.25) is 0 Å². The van der Waals surface area contributed by atoms with E-state index < -0.39 is 6.04 Å².